The molecular formula is C12H11NO5. The number of carbonyl (C=O) groups is 2. The van der Waals surface area contributed by atoms with Gasteiger partial charge >= 0.3 is 11.7 Å². The SMILES string of the molecule is CCOC(=O)C(=O)c1ccc2oc(=O)n(C)c2c1. The monoisotopic (exact) mass is 249 g/mol. The van der Waals surface area contributed by atoms with Crippen LogP contribution in [0.5, 0.6) is 0 Å². The highest BCUT2D eigenvalue weighted by Crippen LogP contribution is 2.15. The Hall–Kier alpha value is -2.37. The van der Waals surface area contributed by atoms with Crippen LogP contribution >= 0.6 is 0 Å². The van der Waals surface area contributed by atoms with Crippen LogP contribution in [0.4, 0.5) is 0 Å². The average molecular weight is 249 g/mol. The third-order valence-corrected chi connectivity index (χ3v) is 2.51. The van der Waals surface area contributed by atoms with Gasteiger partial charge in [-0.3, -0.25) is 9.36 Å². The molecule has 0 radical (unpaired) electrons. The molecule has 18 heavy (non-hydrogen) atoms. The van der Waals surface area contributed by atoms with Crippen molar-refractivity contribution in [1.29, 1.82) is 0 Å². The molecule has 0 aliphatic carbocycles. The molecule has 0 amide bonds. The van der Waals surface area contributed by atoms with E-state index in [4.69, 9.17) is 4.42 Å². The number of ether oxygens (including phenoxy) is 1. The molecule has 1 aromatic heterocycles. The van der Waals surface area contributed by atoms with Crippen molar-refractivity contribution in [3.8, 4) is 0 Å². The Bertz CT molecular complexity index is 679. The van der Waals surface area contributed by atoms with Gasteiger partial charge in [0.1, 0.15) is 0 Å². The first kappa shape index (κ1) is 12.1. The van der Waals surface area contributed by atoms with E-state index in [0.717, 1.165) is 0 Å². The van der Waals surface area contributed by atoms with Crippen LogP contribution in [-0.4, -0.2) is 22.9 Å². The third kappa shape index (κ3) is 1.92. The molecule has 2 aromatic rings. The minimum Gasteiger partial charge on any atom is -0.460 e. The highest BCUT2D eigenvalue weighted by atomic mass is 16.5. The van der Waals surface area contributed by atoms with Gasteiger partial charge in [-0.2, -0.15) is 0 Å². The summed E-state index contributed by atoms with van der Waals surface area (Å²) in [6, 6.07) is 4.33. The van der Waals surface area contributed by atoms with Gasteiger partial charge in [-0.25, -0.2) is 9.59 Å². The van der Waals surface area contributed by atoms with Crippen molar-refractivity contribution in [2.24, 2.45) is 7.05 Å². The number of esters is 1. The quantitative estimate of drug-likeness (QED) is 0.458. The molecule has 1 aromatic carbocycles. The fourth-order valence-electron chi connectivity index (χ4n) is 1.58. The first-order valence-corrected chi connectivity index (χ1v) is 5.35. The van der Waals surface area contributed by atoms with Gasteiger partial charge in [-0.05, 0) is 25.1 Å². The Morgan fingerprint density at radius 2 is 2.11 bits per heavy atom. The normalized spacial score (nSPS) is 10.6. The fourth-order valence-corrected chi connectivity index (χ4v) is 1.58. The van der Waals surface area contributed by atoms with E-state index in [1.54, 1.807) is 6.92 Å². The van der Waals surface area contributed by atoms with Crippen molar-refractivity contribution in [2.45, 2.75) is 6.92 Å². The van der Waals surface area contributed by atoms with Gasteiger partial charge in [-0.15, -0.1) is 0 Å². The lowest BCUT2D eigenvalue weighted by Gasteiger charge is -2.01. The van der Waals surface area contributed by atoms with E-state index in [-0.39, 0.29) is 12.2 Å². The van der Waals surface area contributed by atoms with Crippen molar-refractivity contribution in [3.05, 3.63) is 34.3 Å². The van der Waals surface area contributed by atoms with Gasteiger partial charge in [0.05, 0.1) is 12.1 Å². The Morgan fingerprint density at radius 3 is 2.78 bits per heavy atom. The van der Waals surface area contributed by atoms with Gasteiger partial charge in [0.2, 0.25) is 0 Å². The largest absolute Gasteiger partial charge is 0.460 e. The number of Topliss-reactive ketones (excluding diaryl/α,β-unsaturated/α-hetero) is 1. The Balaban J connectivity index is 2.47. The number of rotatable bonds is 3. The van der Waals surface area contributed by atoms with E-state index in [1.165, 1.54) is 29.8 Å². The lowest BCUT2D eigenvalue weighted by molar-refractivity contribution is -0.137. The lowest BCUT2D eigenvalue weighted by Crippen LogP contribution is -2.17. The van der Waals surface area contributed by atoms with E-state index >= 15 is 0 Å². The van der Waals surface area contributed by atoms with Crippen LogP contribution in [0.3, 0.4) is 0 Å². The molecule has 6 nitrogen and oxygen atoms in total. The number of nitrogens with zero attached hydrogens (tertiary/aromatic N) is 1. The van der Waals surface area contributed by atoms with Crippen LogP contribution in [0.25, 0.3) is 11.1 Å². The van der Waals surface area contributed by atoms with E-state index in [1.807, 2.05) is 0 Å². The number of aromatic nitrogens is 1. The van der Waals surface area contributed by atoms with E-state index in [0.29, 0.717) is 11.1 Å². The van der Waals surface area contributed by atoms with Gasteiger partial charge < -0.3 is 9.15 Å². The molecule has 6 heteroatoms. The lowest BCUT2D eigenvalue weighted by atomic mass is 10.1. The zero-order valence-corrected chi connectivity index (χ0v) is 9.93. The smallest absolute Gasteiger partial charge is 0.419 e. The summed E-state index contributed by atoms with van der Waals surface area (Å²) >= 11 is 0. The number of hydrogen-bond acceptors (Lipinski definition) is 5. The molecule has 0 saturated heterocycles. The Labute approximate surface area is 102 Å². The fraction of sp³-hybridized carbons (Fsp3) is 0.250. The predicted octanol–water partition coefficient (Wildman–Crippen LogP) is 0.877. The second kappa shape index (κ2) is 4.48. The number of fused-ring (bicyclic) bond motifs is 1. The summed E-state index contributed by atoms with van der Waals surface area (Å²) in [5, 5.41) is 0. The summed E-state index contributed by atoms with van der Waals surface area (Å²) in [6.45, 7) is 1.76. The summed E-state index contributed by atoms with van der Waals surface area (Å²) in [7, 11) is 1.52. The maximum absolute atomic E-state index is 11.7. The van der Waals surface area contributed by atoms with Crippen molar-refractivity contribution in [1.82, 2.24) is 4.57 Å². The second-order valence-electron chi connectivity index (χ2n) is 3.66. The minimum atomic E-state index is -0.912. The summed E-state index contributed by atoms with van der Waals surface area (Å²) in [5.74, 6) is -2.18. The summed E-state index contributed by atoms with van der Waals surface area (Å²) in [6.07, 6.45) is 0. The van der Waals surface area contributed by atoms with E-state index in [9.17, 15) is 14.4 Å². The van der Waals surface area contributed by atoms with Gasteiger partial charge in [0.25, 0.3) is 5.78 Å². The number of hydrogen-bond donors (Lipinski definition) is 0. The van der Waals surface area contributed by atoms with Crippen LogP contribution in [-0.2, 0) is 16.6 Å². The minimum absolute atomic E-state index is 0.136. The van der Waals surface area contributed by atoms with Gasteiger partial charge in [0.15, 0.2) is 5.58 Å². The Kier molecular flexibility index (Phi) is 3.01. The third-order valence-electron chi connectivity index (χ3n) is 2.51. The van der Waals surface area contributed by atoms with Crippen molar-refractivity contribution < 1.29 is 18.7 Å². The number of aryl methyl sites for hydroxylation is 1. The number of benzene rings is 1. The van der Waals surface area contributed by atoms with Crippen LogP contribution < -0.4 is 5.76 Å². The number of carbonyl (C=O) groups excluding carboxylic acids is 2. The van der Waals surface area contributed by atoms with E-state index in [2.05, 4.69) is 4.74 Å². The van der Waals surface area contributed by atoms with E-state index < -0.39 is 17.5 Å². The molecule has 0 atom stereocenters. The summed E-state index contributed by atoms with van der Waals surface area (Å²) in [5.41, 5.74) is 0.982. The zero-order chi connectivity index (χ0) is 13.3. The standard InChI is InChI=1S/C12H11NO5/c1-3-17-11(15)10(14)7-4-5-9-8(6-7)13(2)12(16)18-9/h4-6H,3H2,1-2H3. The molecule has 0 aliphatic rings. The molecule has 0 unspecified atom stereocenters. The zero-order valence-electron chi connectivity index (χ0n) is 9.93. The molecule has 0 bridgehead atoms. The number of oxazole rings is 1. The highest BCUT2D eigenvalue weighted by molar-refractivity contribution is 6.40. The molecule has 0 spiro atoms. The van der Waals surface area contributed by atoms with Crippen LogP contribution in [0.1, 0.15) is 17.3 Å². The molecule has 0 N–H and O–H groups in total. The van der Waals surface area contributed by atoms with Crippen molar-refractivity contribution >= 4 is 22.9 Å². The first-order chi connectivity index (χ1) is 8.54. The molecule has 2 rings (SSSR count). The van der Waals surface area contributed by atoms with Crippen molar-refractivity contribution in [2.75, 3.05) is 6.61 Å². The molecular weight excluding hydrogens is 238 g/mol. The topological polar surface area (TPSA) is 78.5 Å². The van der Waals surface area contributed by atoms with Crippen LogP contribution in [0, 0.1) is 0 Å². The van der Waals surface area contributed by atoms with Gasteiger partial charge in [-0.1, -0.05) is 0 Å². The highest BCUT2D eigenvalue weighted by Gasteiger charge is 2.19. The molecule has 1 heterocycles. The van der Waals surface area contributed by atoms with Crippen LogP contribution in [0.2, 0.25) is 0 Å². The first-order valence-electron chi connectivity index (χ1n) is 5.35. The van der Waals surface area contributed by atoms with Crippen molar-refractivity contribution in [3.63, 3.8) is 0 Å². The molecule has 94 valence electrons. The molecule has 0 aliphatic heterocycles. The maximum atomic E-state index is 11.7. The summed E-state index contributed by atoms with van der Waals surface area (Å²) < 4.78 is 10.8. The maximum Gasteiger partial charge on any atom is 0.419 e. The number of ketones is 1. The van der Waals surface area contributed by atoms with Gasteiger partial charge in [0, 0.05) is 12.6 Å². The average Bonchev–Trinajstić information content (AvgIpc) is 2.64. The molecule has 0 fully saturated rings. The predicted molar refractivity (Wildman–Crippen MR) is 62.4 cm³/mol. The molecule has 0 saturated carbocycles. The van der Waals surface area contributed by atoms with Crippen LogP contribution in [0.15, 0.2) is 27.4 Å². The Morgan fingerprint density at radius 1 is 1.39 bits per heavy atom. The second-order valence-corrected chi connectivity index (χ2v) is 3.66. The summed E-state index contributed by atoms with van der Waals surface area (Å²) in [4.78, 5) is 34.3.